The molecule has 8 heteroatoms. The van der Waals surface area contributed by atoms with E-state index in [4.69, 9.17) is 4.42 Å². The van der Waals surface area contributed by atoms with Gasteiger partial charge < -0.3 is 4.42 Å². The van der Waals surface area contributed by atoms with Gasteiger partial charge >= 0.3 is 11.8 Å². The quantitative estimate of drug-likeness (QED) is 0.536. The van der Waals surface area contributed by atoms with E-state index < -0.39 is 11.8 Å². The molecule has 138 valence electrons. The number of nitrogens with one attached hydrogen (secondary N) is 2. The van der Waals surface area contributed by atoms with E-state index in [-0.39, 0.29) is 11.6 Å². The summed E-state index contributed by atoms with van der Waals surface area (Å²) in [5.41, 5.74) is 6.12. The Hall–Kier alpha value is -4.20. The zero-order valence-electron chi connectivity index (χ0n) is 14.6. The summed E-state index contributed by atoms with van der Waals surface area (Å²) in [7, 11) is 0. The summed E-state index contributed by atoms with van der Waals surface area (Å²) in [4.78, 5) is 28.7. The molecule has 0 aliphatic carbocycles. The zero-order chi connectivity index (χ0) is 19.3. The monoisotopic (exact) mass is 373 g/mol. The number of carbonyl (C=O) groups excluding carboxylic acids is 2. The van der Waals surface area contributed by atoms with Crippen LogP contribution in [0.3, 0.4) is 0 Å². The lowest BCUT2D eigenvalue weighted by atomic mass is 10.2. The van der Waals surface area contributed by atoms with E-state index in [0.29, 0.717) is 5.82 Å². The zero-order valence-corrected chi connectivity index (χ0v) is 14.6. The molecule has 0 aliphatic heterocycles. The molecule has 2 N–H and O–H groups in total. The first-order valence-electron chi connectivity index (χ1n) is 8.44. The number of para-hydroxylation sites is 1. The Morgan fingerprint density at radius 3 is 2.18 bits per heavy atom. The highest BCUT2D eigenvalue weighted by atomic mass is 16.3. The van der Waals surface area contributed by atoms with Gasteiger partial charge in [-0.25, -0.2) is 9.67 Å². The van der Waals surface area contributed by atoms with Crippen molar-refractivity contribution in [1.82, 2.24) is 25.6 Å². The maximum Gasteiger partial charge on any atom is 0.309 e. The maximum atomic E-state index is 12.5. The third-order valence-electron chi connectivity index (χ3n) is 3.88. The molecule has 0 saturated carbocycles. The van der Waals surface area contributed by atoms with Gasteiger partial charge in [0.1, 0.15) is 0 Å². The van der Waals surface area contributed by atoms with Crippen molar-refractivity contribution >= 4 is 11.8 Å². The van der Waals surface area contributed by atoms with Gasteiger partial charge in [-0.1, -0.05) is 48.5 Å². The van der Waals surface area contributed by atoms with E-state index in [1.807, 2.05) is 60.7 Å². The average molecular weight is 373 g/mol. The Bertz CT molecular complexity index is 1030. The molecule has 2 aromatic carbocycles. The Kier molecular flexibility index (Phi) is 4.67. The van der Waals surface area contributed by atoms with Crippen LogP contribution in [0.25, 0.3) is 17.1 Å². The van der Waals surface area contributed by atoms with E-state index in [1.54, 1.807) is 10.7 Å². The molecule has 0 spiro atoms. The largest absolute Gasteiger partial charge is 0.459 e. The minimum absolute atomic E-state index is 0.0769. The molecular weight excluding hydrogens is 358 g/mol. The lowest BCUT2D eigenvalue weighted by Crippen LogP contribution is -2.42. The van der Waals surface area contributed by atoms with Crippen LogP contribution in [0.2, 0.25) is 0 Å². The van der Waals surface area contributed by atoms with Gasteiger partial charge in [-0.3, -0.25) is 20.4 Å². The molecule has 2 heterocycles. The summed E-state index contributed by atoms with van der Waals surface area (Å²) in [5.74, 6) is -0.722. The second-order valence-corrected chi connectivity index (χ2v) is 5.76. The Labute approximate surface area is 159 Å². The van der Waals surface area contributed by atoms with Crippen molar-refractivity contribution in [2.75, 3.05) is 0 Å². The van der Waals surface area contributed by atoms with Crippen LogP contribution >= 0.6 is 0 Å². The number of nitrogens with zero attached hydrogens (tertiary/aromatic N) is 3. The van der Waals surface area contributed by atoms with Crippen molar-refractivity contribution in [3.63, 3.8) is 0 Å². The fourth-order valence-electron chi connectivity index (χ4n) is 2.57. The number of aromatic nitrogens is 3. The molecular formula is C20H15N5O3. The number of amides is 2. The average Bonchev–Trinajstić information content (AvgIpc) is 3.43. The van der Waals surface area contributed by atoms with Crippen molar-refractivity contribution in [3.8, 4) is 17.1 Å². The fourth-order valence-corrected chi connectivity index (χ4v) is 2.57. The number of hydrogen-bond acceptors (Lipinski definition) is 5. The van der Waals surface area contributed by atoms with Crippen molar-refractivity contribution in [1.29, 1.82) is 0 Å². The third-order valence-corrected chi connectivity index (χ3v) is 3.88. The van der Waals surface area contributed by atoms with Gasteiger partial charge in [0, 0.05) is 5.56 Å². The van der Waals surface area contributed by atoms with Crippen LogP contribution in [0.15, 0.2) is 83.5 Å². The topological polar surface area (TPSA) is 102 Å². The number of benzene rings is 2. The van der Waals surface area contributed by atoms with E-state index >= 15 is 0 Å². The first kappa shape index (κ1) is 17.2. The number of furan rings is 1. The SMILES string of the molecule is O=C(NNC(=O)c1ccco1)c1nc(-c2ccccc2)n(-c2ccccc2)n1. The molecule has 2 aromatic heterocycles. The highest BCUT2D eigenvalue weighted by Gasteiger charge is 2.19. The summed E-state index contributed by atoms with van der Waals surface area (Å²) in [5, 5.41) is 4.32. The van der Waals surface area contributed by atoms with Crippen LogP contribution in [0.4, 0.5) is 0 Å². The molecule has 2 amide bonds. The summed E-state index contributed by atoms with van der Waals surface area (Å²) in [6, 6.07) is 21.8. The van der Waals surface area contributed by atoms with Crippen LogP contribution in [0.5, 0.6) is 0 Å². The standard InChI is InChI=1S/C20H15N5O3/c26-19(16-12-7-13-28-16)22-23-20(27)17-21-18(14-8-3-1-4-9-14)25(24-17)15-10-5-2-6-11-15/h1-13H,(H,22,26)(H,23,27). The minimum atomic E-state index is -0.647. The van der Waals surface area contributed by atoms with Crippen molar-refractivity contribution in [2.45, 2.75) is 0 Å². The predicted octanol–water partition coefficient (Wildman–Crippen LogP) is 2.60. The van der Waals surface area contributed by atoms with Crippen LogP contribution in [0, 0.1) is 0 Å². The second-order valence-electron chi connectivity index (χ2n) is 5.76. The number of hydrazine groups is 1. The highest BCUT2D eigenvalue weighted by molar-refractivity contribution is 5.96. The molecule has 4 rings (SSSR count). The van der Waals surface area contributed by atoms with Crippen molar-refractivity contribution in [2.24, 2.45) is 0 Å². The molecule has 0 aliphatic rings. The summed E-state index contributed by atoms with van der Waals surface area (Å²) < 4.78 is 6.56. The molecule has 4 aromatic rings. The molecule has 0 bridgehead atoms. The predicted molar refractivity (Wildman–Crippen MR) is 100 cm³/mol. The molecule has 0 radical (unpaired) electrons. The normalized spacial score (nSPS) is 10.4. The number of carbonyl (C=O) groups is 2. The summed E-state index contributed by atoms with van der Waals surface area (Å²) >= 11 is 0. The van der Waals surface area contributed by atoms with Gasteiger partial charge in [-0.05, 0) is 24.3 Å². The van der Waals surface area contributed by atoms with Gasteiger partial charge in [0.05, 0.1) is 12.0 Å². The van der Waals surface area contributed by atoms with E-state index in [0.717, 1.165) is 11.3 Å². The molecule has 28 heavy (non-hydrogen) atoms. The van der Waals surface area contributed by atoms with Gasteiger partial charge in [0.2, 0.25) is 5.82 Å². The van der Waals surface area contributed by atoms with Gasteiger partial charge in [-0.2, -0.15) is 0 Å². The maximum absolute atomic E-state index is 12.5. The first-order chi connectivity index (χ1) is 13.7. The molecule has 0 fully saturated rings. The highest BCUT2D eigenvalue weighted by Crippen LogP contribution is 2.20. The lowest BCUT2D eigenvalue weighted by Gasteiger charge is -2.05. The van der Waals surface area contributed by atoms with Crippen molar-refractivity contribution in [3.05, 3.63) is 90.6 Å². The first-order valence-corrected chi connectivity index (χ1v) is 8.44. The van der Waals surface area contributed by atoms with Crippen molar-refractivity contribution < 1.29 is 14.0 Å². The summed E-state index contributed by atoms with van der Waals surface area (Å²) in [6.07, 6.45) is 1.37. The minimum Gasteiger partial charge on any atom is -0.459 e. The van der Waals surface area contributed by atoms with Crippen LogP contribution in [-0.4, -0.2) is 26.6 Å². The molecule has 0 saturated heterocycles. The van der Waals surface area contributed by atoms with Gasteiger partial charge in [0.15, 0.2) is 11.6 Å². The van der Waals surface area contributed by atoms with Gasteiger partial charge in [-0.15, -0.1) is 5.10 Å². The Morgan fingerprint density at radius 2 is 1.50 bits per heavy atom. The Balaban J connectivity index is 1.62. The fraction of sp³-hybridized carbons (Fsp3) is 0. The summed E-state index contributed by atoms with van der Waals surface area (Å²) in [6.45, 7) is 0. The smallest absolute Gasteiger partial charge is 0.309 e. The lowest BCUT2D eigenvalue weighted by molar-refractivity contribution is 0.0826. The van der Waals surface area contributed by atoms with Gasteiger partial charge in [0.25, 0.3) is 0 Å². The van der Waals surface area contributed by atoms with Crippen LogP contribution < -0.4 is 10.9 Å². The number of hydrogen-bond donors (Lipinski definition) is 2. The second kappa shape index (κ2) is 7.58. The van der Waals surface area contributed by atoms with Crippen LogP contribution in [-0.2, 0) is 0 Å². The van der Waals surface area contributed by atoms with Crippen LogP contribution in [0.1, 0.15) is 21.2 Å². The van der Waals surface area contributed by atoms with E-state index in [1.165, 1.54) is 12.3 Å². The molecule has 8 nitrogen and oxygen atoms in total. The third kappa shape index (κ3) is 3.51. The number of rotatable bonds is 4. The van der Waals surface area contributed by atoms with E-state index in [2.05, 4.69) is 20.9 Å². The molecule has 0 unspecified atom stereocenters. The van der Waals surface area contributed by atoms with E-state index in [9.17, 15) is 9.59 Å². The molecule has 0 atom stereocenters. The Morgan fingerprint density at radius 1 is 0.821 bits per heavy atom.